The molecule has 4 nitrogen and oxygen atoms in total. The van der Waals surface area contributed by atoms with Crippen molar-refractivity contribution in [3.63, 3.8) is 0 Å². The van der Waals surface area contributed by atoms with Crippen LogP contribution in [0.4, 0.5) is 5.69 Å². The van der Waals surface area contributed by atoms with Crippen LogP contribution < -0.4 is 5.32 Å². The summed E-state index contributed by atoms with van der Waals surface area (Å²) in [5.41, 5.74) is -0.289. The van der Waals surface area contributed by atoms with Gasteiger partial charge in [0.1, 0.15) is 0 Å². The maximum Gasteiger partial charge on any atom is 0.337 e. The third-order valence-corrected chi connectivity index (χ3v) is 2.17. The predicted molar refractivity (Wildman–Crippen MR) is 60.9 cm³/mol. The second-order valence-corrected chi connectivity index (χ2v) is 3.56. The molecule has 0 bridgehead atoms. The van der Waals surface area contributed by atoms with Gasteiger partial charge in [-0.2, -0.15) is 0 Å². The minimum atomic E-state index is -1.27. The van der Waals surface area contributed by atoms with Gasteiger partial charge in [-0.05, 0) is 18.1 Å². The van der Waals surface area contributed by atoms with Crippen LogP contribution in [0, 0.1) is 12.3 Å². The molecular formula is C10H5Cl2NO3. The van der Waals surface area contributed by atoms with E-state index in [1.165, 1.54) is 12.1 Å². The zero-order valence-electron chi connectivity index (χ0n) is 7.75. The Bertz CT molecular complexity index is 506. The van der Waals surface area contributed by atoms with E-state index < -0.39 is 11.9 Å². The summed E-state index contributed by atoms with van der Waals surface area (Å²) in [4.78, 5) is 21.8. The Morgan fingerprint density at radius 1 is 1.38 bits per heavy atom. The number of nitrogens with one attached hydrogen (secondary N) is 1. The monoisotopic (exact) mass is 257 g/mol. The zero-order valence-corrected chi connectivity index (χ0v) is 9.26. The van der Waals surface area contributed by atoms with Gasteiger partial charge in [-0.25, -0.2) is 4.79 Å². The molecule has 0 fully saturated rings. The normalized spacial score (nSPS) is 9.31. The molecule has 0 saturated heterocycles. The number of amides is 1. The summed E-state index contributed by atoms with van der Waals surface area (Å²) in [6.07, 6.45) is 4.85. The second-order valence-electron chi connectivity index (χ2n) is 2.71. The molecule has 82 valence electrons. The smallest absolute Gasteiger partial charge is 0.337 e. The van der Waals surface area contributed by atoms with E-state index in [0.717, 1.165) is 0 Å². The van der Waals surface area contributed by atoms with Crippen LogP contribution in [-0.2, 0) is 4.79 Å². The van der Waals surface area contributed by atoms with Gasteiger partial charge in [0.2, 0.25) is 0 Å². The van der Waals surface area contributed by atoms with Gasteiger partial charge in [-0.15, -0.1) is 6.42 Å². The molecule has 1 aromatic carbocycles. The highest BCUT2D eigenvalue weighted by atomic mass is 35.5. The largest absolute Gasteiger partial charge is 0.478 e. The minimum absolute atomic E-state index is 0.00787. The van der Waals surface area contributed by atoms with E-state index in [1.807, 2.05) is 0 Å². The molecule has 1 amide bonds. The van der Waals surface area contributed by atoms with E-state index in [4.69, 9.17) is 34.7 Å². The number of carbonyl (C=O) groups is 2. The number of carboxylic acid groups (broad SMARTS) is 1. The van der Waals surface area contributed by atoms with Gasteiger partial charge in [0.05, 0.1) is 16.3 Å². The van der Waals surface area contributed by atoms with E-state index >= 15 is 0 Å². The first-order valence-electron chi connectivity index (χ1n) is 3.95. The van der Waals surface area contributed by atoms with E-state index in [-0.39, 0.29) is 21.3 Å². The van der Waals surface area contributed by atoms with E-state index in [9.17, 15) is 9.59 Å². The molecule has 6 heteroatoms. The van der Waals surface area contributed by atoms with Crippen molar-refractivity contribution in [2.45, 2.75) is 0 Å². The lowest BCUT2D eigenvalue weighted by molar-refractivity contribution is -0.111. The third-order valence-electron chi connectivity index (χ3n) is 1.66. The summed E-state index contributed by atoms with van der Waals surface area (Å²) in [5, 5.41) is 11.2. The molecule has 2 N–H and O–H groups in total. The number of aromatic carboxylic acids is 1. The molecule has 0 spiro atoms. The van der Waals surface area contributed by atoms with Crippen molar-refractivity contribution in [2.75, 3.05) is 5.32 Å². The Balaban J connectivity index is 3.31. The van der Waals surface area contributed by atoms with Gasteiger partial charge in [0.25, 0.3) is 5.91 Å². The molecular weight excluding hydrogens is 253 g/mol. The number of hydrogen-bond donors (Lipinski definition) is 2. The first-order chi connectivity index (χ1) is 7.45. The molecule has 16 heavy (non-hydrogen) atoms. The second kappa shape index (κ2) is 4.88. The topological polar surface area (TPSA) is 66.4 Å². The van der Waals surface area contributed by atoms with Crippen molar-refractivity contribution in [1.29, 1.82) is 0 Å². The van der Waals surface area contributed by atoms with Crippen LogP contribution in [0.25, 0.3) is 0 Å². The lowest BCUT2D eigenvalue weighted by Crippen LogP contribution is -2.12. The van der Waals surface area contributed by atoms with E-state index in [1.54, 1.807) is 5.92 Å². The van der Waals surface area contributed by atoms with Crippen LogP contribution >= 0.6 is 23.2 Å². The number of halogens is 2. The maximum atomic E-state index is 11.0. The molecule has 0 aliphatic heterocycles. The number of carbonyl (C=O) groups excluding carboxylic acids is 1. The molecule has 0 aromatic heterocycles. The highest BCUT2D eigenvalue weighted by Crippen LogP contribution is 2.30. The molecule has 0 saturated carbocycles. The minimum Gasteiger partial charge on any atom is -0.478 e. The van der Waals surface area contributed by atoms with Crippen LogP contribution in [0.15, 0.2) is 12.1 Å². The van der Waals surface area contributed by atoms with Gasteiger partial charge in [-0.1, -0.05) is 23.2 Å². The van der Waals surface area contributed by atoms with Crippen molar-refractivity contribution in [2.24, 2.45) is 0 Å². The SMILES string of the molecule is C#CC(=O)Nc1c(Cl)cc(Cl)cc1C(=O)O. The van der Waals surface area contributed by atoms with Crippen molar-refractivity contribution in [3.05, 3.63) is 27.7 Å². The molecule has 1 rings (SSSR count). The Morgan fingerprint density at radius 2 is 2.00 bits per heavy atom. The maximum absolute atomic E-state index is 11.0. The summed E-state index contributed by atoms with van der Waals surface area (Å²) >= 11 is 11.4. The highest BCUT2D eigenvalue weighted by Gasteiger charge is 2.16. The van der Waals surface area contributed by atoms with Gasteiger partial charge < -0.3 is 10.4 Å². The summed E-state index contributed by atoms with van der Waals surface area (Å²) in [6, 6.07) is 2.48. The molecule has 0 radical (unpaired) electrons. The molecule has 0 atom stereocenters. The van der Waals surface area contributed by atoms with Gasteiger partial charge in [0.15, 0.2) is 0 Å². The van der Waals surface area contributed by atoms with Crippen molar-refractivity contribution >= 4 is 40.8 Å². The van der Waals surface area contributed by atoms with Crippen molar-refractivity contribution in [3.8, 4) is 12.3 Å². The predicted octanol–water partition coefficient (Wildman–Crippen LogP) is 2.26. The van der Waals surface area contributed by atoms with Crippen molar-refractivity contribution < 1.29 is 14.7 Å². The average molecular weight is 258 g/mol. The quantitative estimate of drug-likeness (QED) is 0.799. The Hall–Kier alpha value is -1.70. The third kappa shape index (κ3) is 2.66. The number of carboxylic acids is 1. The number of rotatable bonds is 2. The van der Waals surface area contributed by atoms with Crippen molar-refractivity contribution in [1.82, 2.24) is 0 Å². The first-order valence-corrected chi connectivity index (χ1v) is 4.71. The highest BCUT2D eigenvalue weighted by molar-refractivity contribution is 6.38. The molecule has 0 heterocycles. The van der Waals surface area contributed by atoms with Crippen LogP contribution in [0.5, 0.6) is 0 Å². The fourth-order valence-corrected chi connectivity index (χ4v) is 1.56. The molecule has 0 unspecified atom stereocenters. The average Bonchev–Trinajstić information content (AvgIpc) is 2.20. The molecule has 1 aromatic rings. The number of terminal acetylenes is 1. The summed E-state index contributed by atoms with van der Waals surface area (Å²) < 4.78 is 0. The van der Waals surface area contributed by atoms with Crippen LogP contribution in [-0.4, -0.2) is 17.0 Å². The van der Waals surface area contributed by atoms with Gasteiger partial charge in [-0.3, -0.25) is 4.79 Å². The first kappa shape index (κ1) is 12.4. The lowest BCUT2D eigenvalue weighted by atomic mass is 10.1. The van der Waals surface area contributed by atoms with Gasteiger partial charge in [0, 0.05) is 5.02 Å². The number of hydrogen-bond acceptors (Lipinski definition) is 2. The van der Waals surface area contributed by atoms with E-state index in [2.05, 4.69) is 5.32 Å². The Labute approximate surface area is 101 Å². The fraction of sp³-hybridized carbons (Fsp3) is 0. The van der Waals surface area contributed by atoms with Crippen LogP contribution in [0.3, 0.4) is 0 Å². The Kier molecular flexibility index (Phi) is 3.78. The summed E-state index contributed by atoms with van der Waals surface area (Å²) in [5.74, 6) is -0.266. The van der Waals surface area contributed by atoms with Gasteiger partial charge >= 0.3 is 5.97 Å². The number of benzene rings is 1. The molecule has 0 aliphatic rings. The number of anilines is 1. The lowest BCUT2D eigenvalue weighted by Gasteiger charge is -2.08. The van der Waals surface area contributed by atoms with Crippen LogP contribution in [0.1, 0.15) is 10.4 Å². The zero-order chi connectivity index (χ0) is 12.3. The van der Waals surface area contributed by atoms with E-state index in [0.29, 0.717) is 0 Å². The fourth-order valence-electron chi connectivity index (χ4n) is 1.02. The summed E-state index contributed by atoms with van der Waals surface area (Å²) in [6.45, 7) is 0. The Morgan fingerprint density at radius 3 is 2.50 bits per heavy atom. The summed E-state index contributed by atoms with van der Waals surface area (Å²) in [7, 11) is 0. The standard InChI is InChI=1S/C10H5Cl2NO3/c1-2-8(14)13-9-6(10(15)16)3-5(11)4-7(9)12/h1,3-4H,(H,13,14)(H,15,16). The van der Waals surface area contributed by atoms with Crippen LogP contribution in [0.2, 0.25) is 10.0 Å². The molecule has 0 aliphatic carbocycles.